The lowest BCUT2D eigenvalue weighted by atomic mass is 9.96. The smallest absolute Gasteiger partial charge is 0.232 e. The number of anilines is 3. The Kier molecular flexibility index (Phi) is 7.06. The van der Waals surface area contributed by atoms with Gasteiger partial charge in [0.2, 0.25) is 5.95 Å². The average Bonchev–Trinajstić information content (AvgIpc) is 2.75. The Bertz CT molecular complexity index is 684. The summed E-state index contributed by atoms with van der Waals surface area (Å²) in [5, 5.41) is 7.45. The third-order valence-electron chi connectivity index (χ3n) is 6.64. The van der Waals surface area contributed by atoms with Crippen LogP contribution >= 0.6 is 12.2 Å². The number of hydrogen-bond donors (Lipinski definition) is 2. The Morgan fingerprint density at radius 2 is 1.55 bits per heavy atom. The molecule has 160 valence electrons. The summed E-state index contributed by atoms with van der Waals surface area (Å²) in [5.41, 5.74) is 0. The van der Waals surface area contributed by atoms with Gasteiger partial charge in [0.1, 0.15) is 11.6 Å². The van der Waals surface area contributed by atoms with Gasteiger partial charge in [0.25, 0.3) is 0 Å². The minimum atomic E-state index is 0.482. The standard InChI is InChI=1S/C22H36N6S/c1-17-10-6-9-15-28(17)20-16-19(27-13-7-3-8-14-27)24-21(25-20)26-22(29)23-18-11-4-2-5-12-18/h16-18H,2-15H2,1H3,(H2,23,24,25,26,29)/t17-/m0/s1. The third-order valence-corrected chi connectivity index (χ3v) is 6.86. The van der Waals surface area contributed by atoms with Gasteiger partial charge in [-0.2, -0.15) is 9.97 Å². The van der Waals surface area contributed by atoms with Gasteiger partial charge in [-0.25, -0.2) is 0 Å². The van der Waals surface area contributed by atoms with E-state index in [0.29, 0.717) is 23.1 Å². The van der Waals surface area contributed by atoms with Crippen molar-refractivity contribution in [1.29, 1.82) is 0 Å². The zero-order valence-corrected chi connectivity index (χ0v) is 18.6. The van der Waals surface area contributed by atoms with E-state index in [1.165, 1.54) is 70.6 Å². The molecule has 0 amide bonds. The Hall–Kier alpha value is -1.63. The predicted octanol–water partition coefficient (Wildman–Crippen LogP) is 4.46. The summed E-state index contributed by atoms with van der Waals surface area (Å²) in [6.45, 7) is 5.54. The van der Waals surface area contributed by atoms with Crippen LogP contribution in [0.15, 0.2) is 6.07 Å². The highest BCUT2D eigenvalue weighted by Gasteiger charge is 2.23. The summed E-state index contributed by atoms with van der Waals surface area (Å²) in [6.07, 6.45) is 13.9. The zero-order valence-electron chi connectivity index (χ0n) is 17.8. The molecular formula is C22H36N6S. The summed E-state index contributed by atoms with van der Waals surface area (Å²) < 4.78 is 0. The van der Waals surface area contributed by atoms with E-state index in [0.717, 1.165) is 31.3 Å². The molecule has 1 aliphatic carbocycles. The van der Waals surface area contributed by atoms with E-state index in [1.54, 1.807) is 0 Å². The SMILES string of the molecule is C[C@H]1CCCCN1c1cc(N2CCCCC2)nc(NC(=S)NC2CCCCC2)n1. The molecule has 3 heterocycles. The van der Waals surface area contributed by atoms with Crippen LogP contribution < -0.4 is 20.4 Å². The number of piperidine rings is 2. The quantitative estimate of drug-likeness (QED) is 0.703. The molecule has 2 aliphatic heterocycles. The van der Waals surface area contributed by atoms with E-state index < -0.39 is 0 Å². The van der Waals surface area contributed by atoms with Gasteiger partial charge in [-0.05, 0) is 70.5 Å². The van der Waals surface area contributed by atoms with Gasteiger partial charge in [0, 0.05) is 37.8 Å². The molecule has 0 radical (unpaired) electrons. The Morgan fingerprint density at radius 3 is 2.31 bits per heavy atom. The molecule has 4 rings (SSSR count). The number of nitrogens with one attached hydrogen (secondary N) is 2. The monoisotopic (exact) mass is 416 g/mol. The molecule has 1 aromatic heterocycles. The molecule has 6 nitrogen and oxygen atoms in total. The minimum Gasteiger partial charge on any atom is -0.360 e. The molecule has 29 heavy (non-hydrogen) atoms. The molecular weight excluding hydrogens is 380 g/mol. The number of thiocarbonyl (C=S) groups is 1. The van der Waals surface area contributed by atoms with E-state index in [9.17, 15) is 0 Å². The summed E-state index contributed by atoms with van der Waals surface area (Å²) in [5.74, 6) is 2.71. The summed E-state index contributed by atoms with van der Waals surface area (Å²) >= 11 is 5.61. The van der Waals surface area contributed by atoms with E-state index in [1.807, 2.05) is 0 Å². The average molecular weight is 417 g/mol. The van der Waals surface area contributed by atoms with Gasteiger partial charge in [-0.3, -0.25) is 0 Å². The lowest BCUT2D eigenvalue weighted by molar-refractivity contribution is 0.414. The van der Waals surface area contributed by atoms with Crippen LogP contribution in [0, 0.1) is 0 Å². The fourth-order valence-corrected chi connectivity index (χ4v) is 5.18. The van der Waals surface area contributed by atoms with Crippen LogP contribution in [0.25, 0.3) is 0 Å². The van der Waals surface area contributed by atoms with Crippen molar-refractivity contribution >= 4 is 34.9 Å². The van der Waals surface area contributed by atoms with Crippen LogP contribution in [-0.4, -0.2) is 46.8 Å². The first-order valence-electron chi connectivity index (χ1n) is 11.7. The highest BCUT2D eigenvalue weighted by molar-refractivity contribution is 7.80. The van der Waals surface area contributed by atoms with Crippen LogP contribution in [-0.2, 0) is 0 Å². The Labute approximate surface area is 180 Å². The van der Waals surface area contributed by atoms with E-state index in [2.05, 4.69) is 33.4 Å². The molecule has 0 bridgehead atoms. The second kappa shape index (κ2) is 9.92. The summed E-state index contributed by atoms with van der Waals surface area (Å²) in [7, 11) is 0. The van der Waals surface area contributed by atoms with Crippen LogP contribution in [0.2, 0.25) is 0 Å². The lowest BCUT2D eigenvalue weighted by Crippen LogP contribution is -2.40. The molecule has 0 unspecified atom stereocenters. The van der Waals surface area contributed by atoms with Crippen molar-refractivity contribution in [3.05, 3.63) is 6.07 Å². The van der Waals surface area contributed by atoms with Crippen molar-refractivity contribution in [2.24, 2.45) is 0 Å². The van der Waals surface area contributed by atoms with Crippen molar-refractivity contribution in [3.63, 3.8) is 0 Å². The highest BCUT2D eigenvalue weighted by atomic mass is 32.1. The Balaban J connectivity index is 1.52. The van der Waals surface area contributed by atoms with Gasteiger partial charge >= 0.3 is 0 Å². The normalized spacial score (nSPS) is 23.7. The van der Waals surface area contributed by atoms with Crippen molar-refractivity contribution in [2.45, 2.75) is 89.6 Å². The molecule has 3 aliphatic rings. The summed E-state index contributed by atoms with van der Waals surface area (Å²) in [4.78, 5) is 14.6. The predicted molar refractivity (Wildman–Crippen MR) is 125 cm³/mol. The van der Waals surface area contributed by atoms with Crippen molar-refractivity contribution in [1.82, 2.24) is 15.3 Å². The first kappa shape index (κ1) is 20.6. The minimum absolute atomic E-state index is 0.482. The van der Waals surface area contributed by atoms with Gasteiger partial charge in [-0.1, -0.05) is 19.3 Å². The Morgan fingerprint density at radius 1 is 0.897 bits per heavy atom. The van der Waals surface area contributed by atoms with Crippen LogP contribution in [0.4, 0.5) is 17.6 Å². The van der Waals surface area contributed by atoms with E-state index >= 15 is 0 Å². The molecule has 1 saturated carbocycles. The van der Waals surface area contributed by atoms with Gasteiger partial charge in [0.05, 0.1) is 0 Å². The number of aromatic nitrogens is 2. The van der Waals surface area contributed by atoms with Crippen LogP contribution in [0.5, 0.6) is 0 Å². The maximum atomic E-state index is 5.61. The van der Waals surface area contributed by atoms with Crippen LogP contribution in [0.3, 0.4) is 0 Å². The number of rotatable bonds is 4. The molecule has 0 aromatic carbocycles. The molecule has 2 N–H and O–H groups in total. The van der Waals surface area contributed by atoms with Crippen molar-refractivity contribution in [2.75, 3.05) is 34.8 Å². The van der Waals surface area contributed by atoms with Crippen LogP contribution in [0.1, 0.15) is 77.6 Å². The summed E-state index contributed by atoms with van der Waals surface area (Å²) in [6, 6.07) is 3.19. The second-order valence-electron chi connectivity index (χ2n) is 8.93. The highest BCUT2D eigenvalue weighted by Crippen LogP contribution is 2.28. The molecule has 2 saturated heterocycles. The molecule has 1 atom stereocenters. The fourth-order valence-electron chi connectivity index (χ4n) is 4.92. The van der Waals surface area contributed by atoms with Crippen molar-refractivity contribution in [3.8, 4) is 0 Å². The fraction of sp³-hybridized carbons (Fsp3) is 0.773. The molecule has 7 heteroatoms. The molecule has 3 fully saturated rings. The maximum Gasteiger partial charge on any atom is 0.232 e. The lowest BCUT2D eigenvalue weighted by Gasteiger charge is -2.35. The maximum absolute atomic E-state index is 5.61. The number of nitrogens with zero attached hydrogens (tertiary/aromatic N) is 4. The first-order valence-corrected chi connectivity index (χ1v) is 12.1. The first-order chi connectivity index (χ1) is 14.2. The largest absolute Gasteiger partial charge is 0.360 e. The van der Waals surface area contributed by atoms with E-state index in [-0.39, 0.29) is 0 Å². The topological polar surface area (TPSA) is 56.3 Å². The number of hydrogen-bond acceptors (Lipinski definition) is 5. The molecule has 0 spiro atoms. The third kappa shape index (κ3) is 5.50. The zero-order chi connectivity index (χ0) is 20.1. The molecule has 1 aromatic rings. The second-order valence-corrected chi connectivity index (χ2v) is 9.34. The van der Waals surface area contributed by atoms with Crippen molar-refractivity contribution < 1.29 is 0 Å². The van der Waals surface area contributed by atoms with Gasteiger partial charge in [-0.15, -0.1) is 0 Å². The van der Waals surface area contributed by atoms with E-state index in [4.69, 9.17) is 22.2 Å². The van der Waals surface area contributed by atoms with Gasteiger partial charge < -0.3 is 20.4 Å². The van der Waals surface area contributed by atoms with Gasteiger partial charge in [0.15, 0.2) is 5.11 Å².